The molecule has 0 atom stereocenters. The molecule has 0 saturated heterocycles. The maximum atomic E-state index is 5.20. The summed E-state index contributed by atoms with van der Waals surface area (Å²) in [5.74, 6) is 0. The molecule has 0 spiro atoms. The van der Waals surface area contributed by atoms with E-state index in [0.717, 1.165) is 6.42 Å². The van der Waals surface area contributed by atoms with Gasteiger partial charge >= 0.3 is 0 Å². The minimum atomic E-state index is 0.627. The summed E-state index contributed by atoms with van der Waals surface area (Å²) in [6.07, 6.45) is 4.80. The van der Waals surface area contributed by atoms with Gasteiger partial charge in [0.15, 0.2) is 0 Å². The summed E-state index contributed by atoms with van der Waals surface area (Å²) in [4.78, 5) is 0. The van der Waals surface area contributed by atoms with Crippen LogP contribution >= 0.6 is 0 Å². The molecule has 2 N–H and O–H groups in total. The van der Waals surface area contributed by atoms with Crippen molar-refractivity contribution in [3.63, 3.8) is 0 Å². The smallest absolute Gasteiger partial charge is 0.0237 e. The summed E-state index contributed by atoms with van der Waals surface area (Å²) >= 11 is 0. The zero-order valence-corrected chi connectivity index (χ0v) is 6.65. The van der Waals surface area contributed by atoms with Gasteiger partial charge in [0.1, 0.15) is 0 Å². The van der Waals surface area contributed by atoms with Crippen LogP contribution in [0.1, 0.15) is 27.2 Å². The first-order valence-electron chi connectivity index (χ1n) is 3.38. The van der Waals surface area contributed by atoms with E-state index in [1.54, 1.807) is 6.08 Å². The first kappa shape index (κ1) is 11.1. The van der Waals surface area contributed by atoms with Gasteiger partial charge in [-0.2, -0.15) is 0 Å². The van der Waals surface area contributed by atoms with Gasteiger partial charge in [-0.1, -0.05) is 33.4 Å². The molecule has 0 amide bonds. The maximum absolute atomic E-state index is 5.20. The number of hydrogen-bond acceptors (Lipinski definition) is 1. The van der Waals surface area contributed by atoms with Gasteiger partial charge in [0.2, 0.25) is 0 Å². The number of rotatable bonds is 2. The van der Waals surface area contributed by atoms with E-state index in [1.165, 1.54) is 0 Å². The summed E-state index contributed by atoms with van der Waals surface area (Å²) < 4.78 is 0. The van der Waals surface area contributed by atoms with Crippen LogP contribution in [0.3, 0.4) is 0 Å². The van der Waals surface area contributed by atoms with Crippen LogP contribution in [0.25, 0.3) is 0 Å². The van der Waals surface area contributed by atoms with Crippen LogP contribution in [0, 0.1) is 0 Å². The van der Waals surface area contributed by atoms with Gasteiger partial charge in [0, 0.05) is 5.70 Å². The van der Waals surface area contributed by atoms with Gasteiger partial charge in [-0.05, 0) is 12.5 Å². The Bertz CT molecular complexity index is 82.6. The summed E-state index contributed by atoms with van der Waals surface area (Å²) in [7, 11) is 0. The normalized spacial score (nSPS) is 8.33. The van der Waals surface area contributed by atoms with Gasteiger partial charge < -0.3 is 5.73 Å². The Morgan fingerprint density at radius 2 is 2.00 bits per heavy atom. The van der Waals surface area contributed by atoms with Gasteiger partial charge in [-0.3, -0.25) is 0 Å². The summed E-state index contributed by atoms with van der Waals surface area (Å²) in [6, 6.07) is 0. The molecule has 1 heteroatoms. The van der Waals surface area contributed by atoms with E-state index in [-0.39, 0.29) is 0 Å². The topological polar surface area (TPSA) is 26.0 Å². The van der Waals surface area contributed by atoms with Gasteiger partial charge in [-0.15, -0.1) is 0 Å². The molecule has 9 heavy (non-hydrogen) atoms. The molecular weight excluding hydrogens is 110 g/mol. The molecule has 0 aromatic carbocycles. The number of nitrogens with two attached hydrogens (primary N) is 1. The predicted molar refractivity (Wildman–Crippen MR) is 44.1 cm³/mol. The zero-order valence-electron chi connectivity index (χ0n) is 6.65. The molecule has 1 nitrogen and oxygen atoms in total. The van der Waals surface area contributed by atoms with Gasteiger partial charge in [-0.25, -0.2) is 0 Å². The zero-order chi connectivity index (χ0) is 7.70. The molecule has 0 saturated carbocycles. The van der Waals surface area contributed by atoms with Crippen molar-refractivity contribution in [3.8, 4) is 0 Å². The fourth-order valence-corrected chi connectivity index (χ4v) is 0.269. The van der Waals surface area contributed by atoms with Crippen LogP contribution in [0.4, 0.5) is 0 Å². The molecule has 54 valence electrons. The Morgan fingerprint density at radius 3 is 2.11 bits per heavy atom. The number of allylic oxidation sites excluding steroid dienone is 2. The highest BCUT2D eigenvalue weighted by Gasteiger charge is 1.67. The van der Waals surface area contributed by atoms with E-state index in [4.69, 9.17) is 5.73 Å². The van der Waals surface area contributed by atoms with E-state index in [0.29, 0.717) is 5.70 Å². The second-order valence-corrected chi connectivity index (χ2v) is 1.39. The maximum Gasteiger partial charge on any atom is 0.0237 e. The van der Waals surface area contributed by atoms with Crippen molar-refractivity contribution < 1.29 is 0 Å². The molecule has 0 aliphatic rings. The Morgan fingerprint density at radius 1 is 1.56 bits per heavy atom. The average Bonchev–Trinajstić information content (AvgIpc) is 1.88. The van der Waals surface area contributed by atoms with E-state index < -0.39 is 0 Å². The van der Waals surface area contributed by atoms with Crippen LogP contribution < -0.4 is 5.73 Å². The third-order valence-electron chi connectivity index (χ3n) is 0.568. The SMILES string of the molecule is C=C(N)/C=C/CC.CC. The molecule has 0 rings (SSSR count). The van der Waals surface area contributed by atoms with Crippen molar-refractivity contribution >= 4 is 0 Å². The highest BCUT2D eigenvalue weighted by molar-refractivity contribution is 5.08. The highest BCUT2D eigenvalue weighted by atomic mass is 14.5. The molecule has 0 aromatic heterocycles. The van der Waals surface area contributed by atoms with Crippen molar-refractivity contribution in [2.24, 2.45) is 5.73 Å². The van der Waals surface area contributed by atoms with Crippen molar-refractivity contribution in [1.29, 1.82) is 0 Å². The highest BCUT2D eigenvalue weighted by Crippen LogP contribution is 1.82. The van der Waals surface area contributed by atoms with Crippen LogP contribution in [0.2, 0.25) is 0 Å². The Hall–Kier alpha value is -0.720. The lowest BCUT2D eigenvalue weighted by molar-refractivity contribution is 1.21. The van der Waals surface area contributed by atoms with Gasteiger partial charge in [0.25, 0.3) is 0 Å². The van der Waals surface area contributed by atoms with Crippen molar-refractivity contribution in [1.82, 2.24) is 0 Å². The molecular formula is C8H17N. The molecule has 0 aromatic rings. The Labute approximate surface area is 58.3 Å². The minimum absolute atomic E-state index is 0.627. The van der Waals surface area contributed by atoms with Crippen LogP contribution in [-0.4, -0.2) is 0 Å². The molecule has 0 heterocycles. The first-order valence-corrected chi connectivity index (χ1v) is 3.38. The lowest BCUT2D eigenvalue weighted by Crippen LogP contribution is -1.87. The first-order chi connectivity index (χ1) is 4.27. The van der Waals surface area contributed by atoms with Crippen molar-refractivity contribution in [2.75, 3.05) is 0 Å². The molecule has 0 bridgehead atoms. The fraction of sp³-hybridized carbons (Fsp3) is 0.500. The Balaban J connectivity index is 0. The van der Waals surface area contributed by atoms with Crippen LogP contribution in [-0.2, 0) is 0 Å². The monoisotopic (exact) mass is 127 g/mol. The summed E-state index contributed by atoms with van der Waals surface area (Å²) in [5.41, 5.74) is 5.82. The average molecular weight is 127 g/mol. The lowest BCUT2D eigenvalue weighted by atomic mass is 10.4. The van der Waals surface area contributed by atoms with Crippen molar-refractivity contribution in [3.05, 3.63) is 24.4 Å². The van der Waals surface area contributed by atoms with E-state index in [2.05, 4.69) is 13.5 Å². The quantitative estimate of drug-likeness (QED) is 0.566. The van der Waals surface area contributed by atoms with E-state index >= 15 is 0 Å². The Kier molecular flexibility index (Phi) is 12.7. The van der Waals surface area contributed by atoms with Crippen LogP contribution in [0.15, 0.2) is 24.4 Å². The summed E-state index contributed by atoms with van der Waals surface area (Å²) in [5, 5.41) is 0. The predicted octanol–water partition coefficient (Wildman–Crippen LogP) is 2.45. The molecule has 0 radical (unpaired) electrons. The molecule has 0 fully saturated rings. The second-order valence-electron chi connectivity index (χ2n) is 1.39. The summed E-state index contributed by atoms with van der Waals surface area (Å²) in [6.45, 7) is 9.54. The third kappa shape index (κ3) is 18.9. The molecule has 0 unspecified atom stereocenters. The standard InChI is InChI=1S/C6H11N.C2H6/c1-3-4-5-6(2)7;1-2/h4-5H,2-3,7H2,1H3;1-2H3/b5-4+;. The van der Waals surface area contributed by atoms with Gasteiger partial charge in [0.05, 0.1) is 0 Å². The minimum Gasteiger partial charge on any atom is -0.399 e. The molecule has 0 aliphatic carbocycles. The number of hydrogen-bond donors (Lipinski definition) is 1. The second kappa shape index (κ2) is 10.3. The third-order valence-corrected chi connectivity index (χ3v) is 0.568. The largest absolute Gasteiger partial charge is 0.399 e. The van der Waals surface area contributed by atoms with Crippen LogP contribution in [0.5, 0.6) is 0 Å². The van der Waals surface area contributed by atoms with Crippen molar-refractivity contribution in [2.45, 2.75) is 27.2 Å². The molecule has 0 aliphatic heterocycles. The van der Waals surface area contributed by atoms with E-state index in [1.807, 2.05) is 19.9 Å². The fourth-order valence-electron chi connectivity index (χ4n) is 0.269. The lowest BCUT2D eigenvalue weighted by Gasteiger charge is -1.81. The van der Waals surface area contributed by atoms with E-state index in [9.17, 15) is 0 Å².